The lowest BCUT2D eigenvalue weighted by Gasteiger charge is -2.27. The van der Waals surface area contributed by atoms with Crippen molar-refractivity contribution >= 4 is 0 Å². The first-order valence-electron chi connectivity index (χ1n) is 7.97. The summed E-state index contributed by atoms with van der Waals surface area (Å²) >= 11 is 0. The van der Waals surface area contributed by atoms with Crippen LogP contribution in [0.3, 0.4) is 0 Å². The average molecular weight is 308 g/mol. The number of nitriles is 1. The summed E-state index contributed by atoms with van der Waals surface area (Å²) in [6.45, 7) is 5.19. The largest absolute Gasteiger partial charge is 0.374 e. The highest BCUT2D eigenvalue weighted by Crippen LogP contribution is 2.16. The molecule has 0 aliphatic heterocycles. The lowest BCUT2D eigenvalue weighted by molar-refractivity contribution is 0.0354. The van der Waals surface area contributed by atoms with E-state index in [1.54, 1.807) is 0 Å². The third-order valence-electron chi connectivity index (χ3n) is 3.85. The molecule has 3 heteroatoms. The maximum absolute atomic E-state index is 9.53. The van der Waals surface area contributed by atoms with Crippen LogP contribution in [-0.2, 0) is 17.9 Å². The molecule has 0 heterocycles. The maximum atomic E-state index is 9.53. The first-order chi connectivity index (χ1) is 11.1. The molecule has 0 fully saturated rings. The number of benzene rings is 2. The van der Waals surface area contributed by atoms with Crippen molar-refractivity contribution in [3.05, 3.63) is 71.8 Å². The van der Waals surface area contributed by atoms with Crippen molar-refractivity contribution in [3.8, 4) is 6.07 Å². The topological polar surface area (TPSA) is 45.0 Å². The Kier molecular flexibility index (Phi) is 6.34. The van der Waals surface area contributed by atoms with E-state index in [0.29, 0.717) is 19.6 Å². The van der Waals surface area contributed by atoms with E-state index >= 15 is 0 Å². The molecular formula is C20H24N2O. The normalized spacial score (nSPS) is 14.7. The van der Waals surface area contributed by atoms with Gasteiger partial charge >= 0.3 is 0 Å². The van der Waals surface area contributed by atoms with Crippen molar-refractivity contribution in [1.29, 1.82) is 5.26 Å². The van der Waals surface area contributed by atoms with Gasteiger partial charge in [0.1, 0.15) is 5.54 Å². The van der Waals surface area contributed by atoms with Crippen LogP contribution >= 0.6 is 0 Å². The molecule has 2 atom stereocenters. The van der Waals surface area contributed by atoms with E-state index < -0.39 is 5.54 Å². The number of nitrogens with zero attached hydrogens (tertiary/aromatic N) is 1. The van der Waals surface area contributed by atoms with Crippen LogP contribution in [0, 0.1) is 11.3 Å². The molecule has 1 N–H and O–H groups in total. The minimum Gasteiger partial charge on any atom is -0.374 e. The highest BCUT2D eigenvalue weighted by Gasteiger charge is 2.26. The summed E-state index contributed by atoms with van der Waals surface area (Å²) in [6, 6.07) is 22.6. The zero-order valence-corrected chi connectivity index (χ0v) is 13.8. The van der Waals surface area contributed by atoms with E-state index in [1.165, 1.54) is 5.56 Å². The summed E-state index contributed by atoms with van der Waals surface area (Å²) in [5, 5.41) is 12.9. The molecule has 120 valence electrons. The molecule has 0 radical (unpaired) electrons. The van der Waals surface area contributed by atoms with Gasteiger partial charge in [0.25, 0.3) is 0 Å². The molecule has 0 bridgehead atoms. The van der Waals surface area contributed by atoms with E-state index in [2.05, 4.69) is 23.5 Å². The second kappa shape index (κ2) is 8.47. The second-order valence-corrected chi connectivity index (χ2v) is 6.09. The number of ether oxygens (including phenoxy) is 1. The van der Waals surface area contributed by atoms with Crippen LogP contribution in [0.4, 0.5) is 0 Å². The Balaban J connectivity index is 1.83. The quantitative estimate of drug-likeness (QED) is 0.800. The van der Waals surface area contributed by atoms with Gasteiger partial charge in [-0.05, 0) is 25.0 Å². The SMILES string of the molecule is C[C@H](C[C@](C)(C#N)NCc1ccccc1)OCc1ccccc1. The fourth-order valence-corrected chi connectivity index (χ4v) is 2.50. The molecule has 2 aromatic carbocycles. The fourth-order valence-electron chi connectivity index (χ4n) is 2.50. The fraction of sp³-hybridized carbons (Fsp3) is 0.350. The summed E-state index contributed by atoms with van der Waals surface area (Å²) in [5.41, 5.74) is 1.72. The van der Waals surface area contributed by atoms with E-state index in [9.17, 15) is 5.26 Å². The maximum Gasteiger partial charge on any atom is 0.106 e. The zero-order chi connectivity index (χ0) is 16.5. The van der Waals surface area contributed by atoms with Crippen molar-refractivity contribution in [2.75, 3.05) is 0 Å². The summed E-state index contributed by atoms with van der Waals surface area (Å²) in [7, 11) is 0. The summed E-state index contributed by atoms with van der Waals surface area (Å²) in [4.78, 5) is 0. The smallest absolute Gasteiger partial charge is 0.106 e. The summed E-state index contributed by atoms with van der Waals surface area (Å²) in [6.07, 6.45) is 0.645. The number of hydrogen-bond donors (Lipinski definition) is 1. The number of nitrogens with one attached hydrogen (secondary N) is 1. The van der Waals surface area contributed by atoms with E-state index in [-0.39, 0.29) is 6.10 Å². The molecular weight excluding hydrogens is 284 g/mol. The average Bonchev–Trinajstić information content (AvgIpc) is 2.60. The summed E-state index contributed by atoms with van der Waals surface area (Å²) in [5.74, 6) is 0. The minimum absolute atomic E-state index is 0.00290. The van der Waals surface area contributed by atoms with Gasteiger partial charge in [-0.25, -0.2) is 0 Å². The highest BCUT2D eigenvalue weighted by atomic mass is 16.5. The van der Waals surface area contributed by atoms with Gasteiger partial charge in [0, 0.05) is 13.0 Å². The van der Waals surface area contributed by atoms with Crippen LogP contribution in [0.15, 0.2) is 60.7 Å². The molecule has 2 rings (SSSR count). The van der Waals surface area contributed by atoms with Crippen molar-refractivity contribution in [2.45, 2.75) is 45.1 Å². The molecule has 0 aliphatic carbocycles. The molecule has 0 amide bonds. The molecule has 0 saturated heterocycles. The summed E-state index contributed by atoms with van der Waals surface area (Å²) < 4.78 is 5.89. The van der Waals surface area contributed by atoms with Gasteiger partial charge < -0.3 is 4.74 Å². The van der Waals surface area contributed by atoms with Crippen LogP contribution in [-0.4, -0.2) is 11.6 Å². The molecule has 0 aromatic heterocycles. The van der Waals surface area contributed by atoms with Gasteiger partial charge in [-0.15, -0.1) is 0 Å². The van der Waals surface area contributed by atoms with Crippen LogP contribution in [0.2, 0.25) is 0 Å². The van der Waals surface area contributed by atoms with Crippen LogP contribution in [0.5, 0.6) is 0 Å². The van der Waals surface area contributed by atoms with Gasteiger partial charge in [0.15, 0.2) is 0 Å². The zero-order valence-electron chi connectivity index (χ0n) is 13.8. The van der Waals surface area contributed by atoms with Crippen molar-refractivity contribution < 1.29 is 4.74 Å². The third-order valence-corrected chi connectivity index (χ3v) is 3.85. The molecule has 3 nitrogen and oxygen atoms in total. The van der Waals surface area contributed by atoms with Crippen LogP contribution in [0.25, 0.3) is 0 Å². The highest BCUT2D eigenvalue weighted by molar-refractivity contribution is 5.16. The Morgan fingerprint density at radius 1 is 1.04 bits per heavy atom. The predicted octanol–water partition coefficient (Wildman–Crippen LogP) is 4.05. The third kappa shape index (κ3) is 5.86. The predicted molar refractivity (Wildman–Crippen MR) is 92.6 cm³/mol. The van der Waals surface area contributed by atoms with Gasteiger partial charge in [-0.3, -0.25) is 5.32 Å². The molecule has 0 aliphatic rings. The first kappa shape index (κ1) is 17.2. The Hall–Kier alpha value is -2.15. The number of rotatable bonds is 8. The van der Waals surface area contributed by atoms with Gasteiger partial charge in [0.05, 0.1) is 18.8 Å². The Morgan fingerprint density at radius 3 is 2.17 bits per heavy atom. The minimum atomic E-state index is -0.605. The molecule has 23 heavy (non-hydrogen) atoms. The van der Waals surface area contributed by atoms with E-state index in [0.717, 1.165) is 5.56 Å². The molecule has 0 spiro atoms. The van der Waals surface area contributed by atoms with Crippen molar-refractivity contribution in [2.24, 2.45) is 0 Å². The number of hydrogen-bond acceptors (Lipinski definition) is 3. The van der Waals surface area contributed by atoms with Crippen LogP contribution in [0.1, 0.15) is 31.4 Å². The van der Waals surface area contributed by atoms with Crippen molar-refractivity contribution in [1.82, 2.24) is 5.32 Å². The van der Waals surface area contributed by atoms with Gasteiger partial charge in [0.2, 0.25) is 0 Å². The van der Waals surface area contributed by atoms with Gasteiger partial charge in [-0.1, -0.05) is 60.7 Å². The second-order valence-electron chi connectivity index (χ2n) is 6.09. The standard InChI is InChI=1S/C20H24N2O/c1-17(23-15-19-11-7-4-8-12-19)13-20(2,16-21)22-14-18-9-5-3-6-10-18/h3-12,17,22H,13-15H2,1-2H3/t17-,20-/m1/s1. The van der Waals surface area contributed by atoms with E-state index in [4.69, 9.17) is 4.74 Å². The first-order valence-corrected chi connectivity index (χ1v) is 7.97. The molecule has 0 saturated carbocycles. The van der Waals surface area contributed by atoms with Crippen molar-refractivity contribution in [3.63, 3.8) is 0 Å². The lowest BCUT2D eigenvalue weighted by Crippen LogP contribution is -2.43. The Bertz CT molecular complexity index is 621. The van der Waals surface area contributed by atoms with E-state index in [1.807, 2.05) is 62.4 Å². The van der Waals surface area contributed by atoms with Crippen LogP contribution < -0.4 is 5.32 Å². The molecule has 0 unspecified atom stereocenters. The Labute approximate surface area is 138 Å². The lowest BCUT2D eigenvalue weighted by atomic mass is 9.96. The monoisotopic (exact) mass is 308 g/mol. The van der Waals surface area contributed by atoms with Gasteiger partial charge in [-0.2, -0.15) is 5.26 Å². The molecule has 2 aromatic rings. The Morgan fingerprint density at radius 2 is 1.61 bits per heavy atom.